The molecular formula is C21H20N2O5S2. The van der Waals surface area contributed by atoms with E-state index in [1.165, 1.54) is 17.0 Å². The molecule has 3 rings (SSSR count). The van der Waals surface area contributed by atoms with Crippen molar-refractivity contribution in [3.63, 3.8) is 0 Å². The van der Waals surface area contributed by atoms with E-state index >= 15 is 0 Å². The Morgan fingerprint density at radius 3 is 2.77 bits per heavy atom. The summed E-state index contributed by atoms with van der Waals surface area (Å²) in [4.78, 5) is 26.6. The maximum Gasteiger partial charge on any atom is 0.266 e. The minimum atomic E-state index is -0.336. The van der Waals surface area contributed by atoms with E-state index in [0.717, 1.165) is 22.9 Å². The van der Waals surface area contributed by atoms with Crippen molar-refractivity contribution in [1.82, 2.24) is 10.2 Å². The van der Waals surface area contributed by atoms with E-state index in [1.807, 2.05) is 18.2 Å². The van der Waals surface area contributed by atoms with Crippen LogP contribution in [0.1, 0.15) is 11.1 Å². The molecule has 1 fully saturated rings. The van der Waals surface area contributed by atoms with Crippen LogP contribution in [0, 0.1) is 0 Å². The zero-order valence-electron chi connectivity index (χ0n) is 16.1. The molecule has 0 saturated carbocycles. The average molecular weight is 445 g/mol. The minimum Gasteiger partial charge on any atom is -0.504 e. The number of carbonyl (C=O) groups is 2. The lowest BCUT2D eigenvalue weighted by atomic mass is 10.1. The Morgan fingerprint density at radius 2 is 2.03 bits per heavy atom. The number of thioether (sulfide) groups is 1. The molecule has 1 heterocycles. The average Bonchev–Trinajstić information content (AvgIpc) is 2.98. The highest BCUT2D eigenvalue weighted by molar-refractivity contribution is 8.26. The first-order chi connectivity index (χ1) is 14.4. The summed E-state index contributed by atoms with van der Waals surface area (Å²) in [6.45, 7) is 0.151. The van der Waals surface area contributed by atoms with Crippen LogP contribution in [0.25, 0.3) is 6.08 Å². The van der Waals surface area contributed by atoms with E-state index < -0.39 is 0 Å². The van der Waals surface area contributed by atoms with Crippen LogP contribution in [-0.4, -0.2) is 51.4 Å². The first-order valence-electron chi connectivity index (χ1n) is 9.04. The molecule has 0 bridgehead atoms. The molecule has 2 amide bonds. The van der Waals surface area contributed by atoms with Crippen LogP contribution < -0.4 is 10.1 Å². The fraction of sp³-hybridized carbons (Fsp3) is 0.190. The number of phenolic OH excluding ortho intramolecular Hbond substituents is 2. The summed E-state index contributed by atoms with van der Waals surface area (Å²) in [7, 11) is 1.57. The van der Waals surface area contributed by atoms with Gasteiger partial charge < -0.3 is 20.3 Å². The van der Waals surface area contributed by atoms with Gasteiger partial charge in [-0.25, -0.2) is 0 Å². The summed E-state index contributed by atoms with van der Waals surface area (Å²) in [6, 6.07) is 11.8. The Bertz CT molecular complexity index is 1020. The van der Waals surface area contributed by atoms with Crippen molar-refractivity contribution in [2.45, 2.75) is 6.42 Å². The van der Waals surface area contributed by atoms with E-state index in [9.17, 15) is 19.8 Å². The maximum absolute atomic E-state index is 12.7. The number of hydrogen-bond acceptors (Lipinski definition) is 7. The van der Waals surface area contributed by atoms with Crippen molar-refractivity contribution < 1.29 is 24.5 Å². The molecular weight excluding hydrogens is 424 g/mol. The van der Waals surface area contributed by atoms with Crippen molar-refractivity contribution in [3.05, 3.63) is 58.5 Å². The fourth-order valence-corrected chi connectivity index (χ4v) is 4.04. The minimum absolute atomic E-state index is 0.166. The van der Waals surface area contributed by atoms with Gasteiger partial charge in [-0.2, -0.15) is 0 Å². The van der Waals surface area contributed by atoms with Crippen LogP contribution in [0.3, 0.4) is 0 Å². The smallest absolute Gasteiger partial charge is 0.266 e. The predicted molar refractivity (Wildman–Crippen MR) is 119 cm³/mol. The SMILES string of the molecule is COc1cccc(C=C2SC(=S)N(CC(=O)NCCc3ccc(O)c(O)c3)C2=O)c1. The van der Waals surface area contributed by atoms with Crippen LogP contribution in [0.15, 0.2) is 47.4 Å². The molecule has 156 valence electrons. The van der Waals surface area contributed by atoms with Crippen molar-refractivity contribution >= 4 is 46.2 Å². The van der Waals surface area contributed by atoms with E-state index in [-0.39, 0.29) is 29.9 Å². The van der Waals surface area contributed by atoms with E-state index in [1.54, 1.807) is 25.3 Å². The van der Waals surface area contributed by atoms with Crippen LogP contribution >= 0.6 is 24.0 Å². The number of amides is 2. The van der Waals surface area contributed by atoms with Crippen LogP contribution in [-0.2, 0) is 16.0 Å². The van der Waals surface area contributed by atoms with Crippen LogP contribution in [0.4, 0.5) is 0 Å². The van der Waals surface area contributed by atoms with Crippen molar-refractivity contribution in [3.8, 4) is 17.2 Å². The second kappa shape index (κ2) is 9.64. The van der Waals surface area contributed by atoms with E-state index in [0.29, 0.717) is 27.9 Å². The summed E-state index contributed by atoms with van der Waals surface area (Å²) in [6.07, 6.45) is 2.19. The highest BCUT2D eigenvalue weighted by Crippen LogP contribution is 2.32. The largest absolute Gasteiger partial charge is 0.504 e. The molecule has 0 radical (unpaired) electrons. The molecule has 7 nitrogen and oxygen atoms in total. The normalized spacial score (nSPS) is 15.0. The van der Waals surface area contributed by atoms with Gasteiger partial charge in [0.2, 0.25) is 5.91 Å². The number of hydrogen-bond donors (Lipinski definition) is 3. The van der Waals surface area contributed by atoms with Gasteiger partial charge in [-0.3, -0.25) is 14.5 Å². The lowest BCUT2D eigenvalue weighted by Gasteiger charge is -2.14. The summed E-state index contributed by atoms with van der Waals surface area (Å²) in [5.74, 6) is -0.373. The number of thiocarbonyl (C=S) groups is 1. The number of aromatic hydroxyl groups is 2. The van der Waals surface area contributed by atoms with Crippen molar-refractivity contribution in [2.24, 2.45) is 0 Å². The molecule has 1 aliphatic rings. The van der Waals surface area contributed by atoms with Gasteiger partial charge in [0.1, 0.15) is 16.6 Å². The first kappa shape index (κ1) is 21.7. The molecule has 30 heavy (non-hydrogen) atoms. The monoisotopic (exact) mass is 444 g/mol. The standard InChI is InChI=1S/C21H20N2O5S2/c1-28-15-4-2-3-14(9-15)11-18-20(27)23(21(29)30-18)12-19(26)22-8-7-13-5-6-16(24)17(25)10-13/h2-6,9-11,24-25H,7-8,12H2,1H3,(H,22,26). The van der Waals surface area contributed by atoms with Crippen LogP contribution in [0.5, 0.6) is 17.2 Å². The van der Waals surface area contributed by atoms with Crippen molar-refractivity contribution in [2.75, 3.05) is 20.2 Å². The second-order valence-electron chi connectivity index (χ2n) is 6.47. The lowest BCUT2D eigenvalue weighted by Crippen LogP contribution is -2.40. The lowest BCUT2D eigenvalue weighted by molar-refractivity contribution is -0.128. The molecule has 3 N–H and O–H groups in total. The number of methoxy groups -OCH3 is 1. The van der Waals surface area contributed by atoms with Gasteiger partial charge in [0.25, 0.3) is 5.91 Å². The Morgan fingerprint density at radius 1 is 1.23 bits per heavy atom. The fourth-order valence-electron chi connectivity index (χ4n) is 2.79. The predicted octanol–water partition coefficient (Wildman–Crippen LogP) is 2.67. The van der Waals surface area contributed by atoms with Gasteiger partial charge in [-0.05, 0) is 47.9 Å². The third kappa shape index (κ3) is 5.31. The van der Waals surface area contributed by atoms with Gasteiger partial charge in [0.15, 0.2) is 11.5 Å². The summed E-state index contributed by atoms with van der Waals surface area (Å²) < 4.78 is 5.51. The van der Waals surface area contributed by atoms with Gasteiger partial charge in [0.05, 0.1) is 12.0 Å². The van der Waals surface area contributed by atoms with Gasteiger partial charge in [0, 0.05) is 6.54 Å². The maximum atomic E-state index is 12.7. The number of nitrogens with zero attached hydrogens (tertiary/aromatic N) is 1. The number of rotatable bonds is 7. The Kier molecular flexibility index (Phi) is 6.96. The first-order valence-corrected chi connectivity index (χ1v) is 10.3. The van der Waals surface area contributed by atoms with Crippen LogP contribution in [0.2, 0.25) is 0 Å². The van der Waals surface area contributed by atoms with E-state index in [4.69, 9.17) is 17.0 Å². The quantitative estimate of drug-likeness (QED) is 0.343. The second-order valence-corrected chi connectivity index (χ2v) is 8.14. The molecule has 1 saturated heterocycles. The summed E-state index contributed by atoms with van der Waals surface area (Å²) >= 11 is 6.42. The number of benzene rings is 2. The summed E-state index contributed by atoms with van der Waals surface area (Å²) in [5.41, 5.74) is 1.56. The molecule has 0 spiro atoms. The number of nitrogens with one attached hydrogen (secondary N) is 1. The molecule has 0 unspecified atom stereocenters. The highest BCUT2D eigenvalue weighted by Gasteiger charge is 2.33. The molecule has 2 aromatic carbocycles. The molecule has 1 aliphatic heterocycles. The van der Waals surface area contributed by atoms with Gasteiger partial charge >= 0.3 is 0 Å². The molecule has 0 atom stereocenters. The molecule has 0 aliphatic carbocycles. The molecule has 0 aromatic heterocycles. The topological polar surface area (TPSA) is 99.1 Å². The number of carbonyl (C=O) groups excluding carboxylic acids is 2. The zero-order chi connectivity index (χ0) is 21.7. The third-order valence-electron chi connectivity index (χ3n) is 4.34. The molecule has 9 heteroatoms. The Labute approximate surface area is 183 Å². The Balaban J connectivity index is 1.56. The summed E-state index contributed by atoms with van der Waals surface area (Å²) in [5, 5.41) is 21.6. The van der Waals surface area contributed by atoms with Crippen molar-refractivity contribution in [1.29, 1.82) is 0 Å². The molecule has 2 aromatic rings. The van der Waals surface area contributed by atoms with E-state index in [2.05, 4.69) is 5.32 Å². The third-order valence-corrected chi connectivity index (χ3v) is 5.72. The highest BCUT2D eigenvalue weighted by atomic mass is 32.2. The van der Waals surface area contributed by atoms with Gasteiger partial charge in [-0.15, -0.1) is 0 Å². The Hall–Kier alpha value is -3.04. The number of phenols is 2. The zero-order valence-corrected chi connectivity index (χ0v) is 17.8. The van der Waals surface area contributed by atoms with Gasteiger partial charge in [-0.1, -0.05) is 42.2 Å². The number of ether oxygens (including phenoxy) is 1.